The van der Waals surface area contributed by atoms with E-state index >= 15 is 0 Å². The van der Waals surface area contributed by atoms with Gasteiger partial charge < -0.3 is 10.1 Å². The van der Waals surface area contributed by atoms with Crippen molar-refractivity contribution in [1.82, 2.24) is 4.31 Å². The van der Waals surface area contributed by atoms with Gasteiger partial charge in [-0.1, -0.05) is 18.2 Å². The van der Waals surface area contributed by atoms with E-state index in [2.05, 4.69) is 5.32 Å². The number of nitrogens with one attached hydrogen (secondary N) is 1. The number of benzene rings is 3. The average molecular weight is 530 g/mol. The van der Waals surface area contributed by atoms with Crippen molar-refractivity contribution in [3.05, 3.63) is 78.9 Å². The number of amides is 1. The molecule has 3 aromatic rings. The van der Waals surface area contributed by atoms with Crippen LogP contribution in [0.5, 0.6) is 11.5 Å². The number of hydrogen-bond donors (Lipinski definition) is 1. The van der Waals surface area contributed by atoms with Crippen molar-refractivity contribution in [2.45, 2.75) is 17.7 Å². The summed E-state index contributed by atoms with van der Waals surface area (Å²) < 4.78 is 58.3. The summed E-state index contributed by atoms with van der Waals surface area (Å²) in [6, 6.07) is 21.4. The summed E-state index contributed by atoms with van der Waals surface area (Å²) in [4.78, 5) is 12.8. The first kappa shape index (κ1) is 25.7. The summed E-state index contributed by atoms with van der Waals surface area (Å²) in [7, 11) is -7.32. The van der Waals surface area contributed by atoms with Crippen LogP contribution >= 0.6 is 0 Å². The molecule has 0 atom stereocenters. The van der Waals surface area contributed by atoms with Crippen LogP contribution in [0.4, 0.5) is 11.4 Å². The van der Waals surface area contributed by atoms with Crippen LogP contribution < -0.4 is 14.4 Å². The first-order chi connectivity index (χ1) is 17.1. The molecule has 1 saturated heterocycles. The summed E-state index contributed by atoms with van der Waals surface area (Å²) in [5, 5.41) is 2.63. The van der Waals surface area contributed by atoms with Gasteiger partial charge in [0.1, 0.15) is 18.0 Å². The van der Waals surface area contributed by atoms with Crippen LogP contribution in [0, 0.1) is 0 Å². The fraction of sp³-hybridized carbons (Fsp3) is 0.240. The van der Waals surface area contributed by atoms with Gasteiger partial charge in [-0.25, -0.2) is 16.8 Å². The molecule has 1 aliphatic rings. The molecule has 190 valence electrons. The van der Waals surface area contributed by atoms with Crippen molar-refractivity contribution in [2.75, 3.05) is 35.5 Å². The number of para-hydroxylation sites is 1. The highest BCUT2D eigenvalue weighted by Gasteiger charge is 2.27. The molecule has 0 saturated carbocycles. The van der Waals surface area contributed by atoms with Crippen LogP contribution in [-0.4, -0.2) is 52.9 Å². The predicted molar refractivity (Wildman–Crippen MR) is 138 cm³/mol. The molecular formula is C25H27N3O6S2. The summed E-state index contributed by atoms with van der Waals surface area (Å²) >= 11 is 0. The number of carbonyl (C=O) groups is 1. The molecule has 0 bridgehead atoms. The summed E-state index contributed by atoms with van der Waals surface area (Å²) in [5.41, 5.74) is 0.667. The zero-order valence-corrected chi connectivity index (χ0v) is 21.3. The first-order valence-electron chi connectivity index (χ1n) is 11.3. The number of ether oxygens (including phenoxy) is 1. The quantitative estimate of drug-likeness (QED) is 0.453. The summed E-state index contributed by atoms with van der Waals surface area (Å²) in [5.74, 6) is 0.593. The van der Waals surface area contributed by atoms with Gasteiger partial charge in [-0.15, -0.1) is 0 Å². The van der Waals surface area contributed by atoms with Crippen LogP contribution in [-0.2, 0) is 24.8 Å². The van der Waals surface area contributed by atoms with E-state index < -0.39 is 32.5 Å². The van der Waals surface area contributed by atoms with Crippen LogP contribution in [0.1, 0.15) is 12.8 Å². The summed E-state index contributed by atoms with van der Waals surface area (Å²) in [6.45, 7) is 0.550. The van der Waals surface area contributed by atoms with Gasteiger partial charge in [0, 0.05) is 18.8 Å². The Labute approximate surface area is 211 Å². The Kier molecular flexibility index (Phi) is 7.62. The Morgan fingerprint density at radius 3 is 2.03 bits per heavy atom. The monoisotopic (exact) mass is 529 g/mol. The topological polar surface area (TPSA) is 113 Å². The second kappa shape index (κ2) is 10.7. The Bertz CT molecular complexity index is 1400. The Morgan fingerprint density at radius 1 is 0.861 bits per heavy atom. The highest BCUT2D eigenvalue weighted by Crippen LogP contribution is 2.26. The van der Waals surface area contributed by atoms with Crippen molar-refractivity contribution in [2.24, 2.45) is 0 Å². The van der Waals surface area contributed by atoms with Crippen LogP contribution in [0.25, 0.3) is 0 Å². The Morgan fingerprint density at radius 2 is 1.44 bits per heavy atom. The fourth-order valence-electron chi connectivity index (χ4n) is 3.82. The van der Waals surface area contributed by atoms with E-state index in [0.717, 1.165) is 23.4 Å². The molecule has 1 fully saturated rings. The highest BCUT2D eigenvalue weighted by molar-refractivity contribution is 7.92. The van der Waals surface area contributed by atoms with Gasteiger partial charge in [0.25, 0.3) is 0 Å². The lowest BCUT2D eigenvalue weighted by Crippen LogP contribution is -2.37. The van der Waals surface area contributed by atoms with Crippen molar-refractivity contribution in [3.8, 4) is 11.5 Å². The van der Waals surface area contributed by atoms with Crippen molar-refractivity contribution < 1.29 is 26.4 Å². The third-order valence-electron chi connectivity index (χ3n) is 5.63. The molecule has 3 aromatic carbocycles. The van der Waals surface area contributed by atoms with E-state index in [9.17, 15) is 21.6 Å². The number of anilines is 2. The Hall–Kier alpha value is -3.41. The maximum Gasteiger partial charge on any atom is 0.245 e. The molecule has 0 aromatic heterocycles. The van der Waals surface area contributed by atoms with Crippen LogP contribution in [0.2, 0.25) is 0 Å². The molecule has 1 amide bonds. The first-order valence-corrected chi connectivity index (χ1v) is 14.6. The number of carbonyl (C=O) groups excluding carboxylic acids is 1. The zero-order valence-electron chi connectivity index (χ0n) is 19.7. The SMILES string of the molecule is CS(=O)(=O)N(CC(=O)Nc1ccc(S(=O)(=O)N2CCCC2)cc1)c1ccc(Oc2ccccc2)cc1. The van der Waals surface area contributed by atoms with E-state index in [1.165, 1.54) is 28.6 Å². The van der Waals surface area contributed by atoms with Gasteiger partial charge in [-0.3, -0.25) is 9.10 Å². The van der Waals surface area contributed by atoms with E-state index in [1.807, 2.05) is 18.2 Å². The minimum absolute atomic E-state index is 0.151. The molecule has 9 nitrogen and oxygen atoms in total. The maximum absolute atomic E-state index is 12.7. The van der Waals surface area contributed by atoms with Crippen LogP contribution in [0.3, 0.4) is 0 Å². The van der Waals surface area contributed by atoms with Crippen molar-refractivity contribution >= 4 is 37.3 Å². The maximum atomic E-state index is 12.7. The molecule has 1 heterocycles. The zero-order chi connectivity index (χ0) is 25.8. The lowest BCUT2D eigenvalue weighted by atomic mass is 10.3. The van der Waals surface area contributed by atoms with Gasteiger partial charge in [-0.2, -0.15) is 4.31 Å². The van der Waals surface area contributed by atoms with Gasteiger partial charge in [0.2, 0.25) is 26.0 Å². The molecule has 0 unspecified atom stereocenters. The molecule has 1 aliphatic heterocycles. The van der Waals surface area contributed by atoms with Crippen LogP contribution in [0.15, 0.2) is 83.8 Å². The minimum atomic E-state index is -3.77. The largest absolute Gasteiger partial charge is 0.457 e. The molecule has 0 radical (unpaired) electrons. The smallest absolute Gasteiger partial charge is 0.245 e. The predicted octanol–water partition coefficient (Wildman–Crippen LogP) is 3.67. The van der Waals surface area contributed by atoms with E-state index in [1.54, 1.807) is 36.4 Å². The molecular weight excluding hydrogens is 502 g/mol. The molecule has 4 rings (SSSR count). The van der Waals surface area contributed by atoms with Crippen molar-refractivity contribution in [1.29, 1.82) is 0 Å². The fourth-order valence-corrected chi connectivity index (χ4v) is 6.20. The normalized spacial score (nSPS) is 14.4. The highest BCUT2D eigenvalue weighted by atomic mass is 32.2. The van der Waals surface area contributed by atoms with Gasteiger partial charge in [0.05, 0.1) is 16.8 Å². The number of hydrogen-bond acceptors (Lipinski definition) is 6. The van der Waals surface area contributed by atoms with Crippen molar-refractivity contribution in [3.63, 3.8) is 0 Å². The standard InChI is InChI=1S/C25H27N3O6S2/c1-35(30,31)28(21-11-13-23(14-12-21)34-22-7-3-2-4-8-22)19-25(29)26-20-9-15-24(16-10-20)36(32,33)27-17-5-6-18-27/h2-4,7-16H,5-6,17-19H2,1H3,(H,26,29). The van der Waals surface area contributed by atoms with E-state index in [4.69, 9.17) is 4.74 Å². The van der Waals surface area contributed by atoms with E-state index in [-0.39, 0.29) is 4.90 Å². The van der Waals surface area contributed by atoms with Gasteiger partial charge in [0.15, 0.2) is 0 Å². The molecule has 1 N–H and O–H groups in total. The summed E-state index contributed by atoms with van der Waals surface area (Å²) in [6.07, 6.45) is 2.70. The van der Waals surface area contributed by atoms with Gasteiger partial charge in [-0.05, 0) is 73.5 Å². The third kappa shape index (κ3) is 6.23. The Balaban J connectivity index is 1.42. The number of nitrogens with zero attached hydrogens (tertiary/aromatic N) is 2. The average Bonchev–Trinajstić information content (AvgIpc) is 3.40. The minimum Gasteiger partial charge on any atom is -0.457 e. The number of sulfonamides is 2. The molecule has 0 spiro atoms. The molecule has 0 aliphatic carbocycles. The van der Waals surface area contributed by atoms with E-state index in [0.29, 0.717) is 36.0 Å². The second-order valence-electron chi connectivity index (χ2n) is 8.36. The number of rotatable bonds is 9. The lowest BCUT2D eigenvalue weighted by molar-refractivity contribution is -0.114. The molecule has 11 heteroatoms. The van der Waals surface area contributed by atoms with Gasteiger partial charge >= 0.3 is 0 Å². The lowest BCUT2D eigenvalue weighted by Gasteiger charge is -2.22. The molecule has 36 heavy (non-hydrogen) atoms. The third-order valence-corrected chi connectivity index (χ3v) is 8.69. The second-order valence-corrected chi connectivity index (χ2v) is 12.2.